The largest absolute Gasteiger partial charge is 0.493 e. The number of methoxy groups -OCH3 is 2. The lowest BCUT2D eigenvalue weighted by Gasteiger charge is -2.15. The smallest absolute Gasteiger partial charge is 0.287 e. The van der Waals surface area contributed by atoms with Crippen LogP contribution in [0.2, 0.25) is 0 Å². The highest BCUT2D eigenvalue weighted by Gasteiger charge is 2.27. The van der Waals surface area contributed by atoms with Crippen LogP contribution in [0.15, 0.2) is 34.9 Å². The number of carbonyl (C=O) groups is 1. The first-order valence-corrected chi connectivity index (χ1v) is 6.82. The third-order valence-electron chi connectivity index (χ3n) is 3.77. The van der Waals surface area contributed by atoms with E-state index in [1.165, 1.54) is 11.8 Å². The van der Waals surface area contributed by atoms with E-state index in [0.29, 0.717) is 17.3 Å². The highest BCUT2D eigenvalue weighted by Crippen LogP contribution is 2.39. The van der Waals surface area contributed by atoms with Gasteiger partial charge in [-0.15, -0.1) is 0 Å². The van der Waals surface area contributed by atoms with Gasteiger partial charge in [0.15, 0.2) is 17.3 Å². The van der Waals surface area contributed by atoms with E-state index in [1.807, 2.05) is 12.1 Å². The Morgan fingerprint density at radius 2 is 2.05 bits per heavy atom. The minimum atomic E-state index is -0.201. The summed E-state index contributed by atoms with van der Waals surface area (Å²) in [4.78, 5) is 12.1. The second-order valence-electron chi connectivity index (χ2n) is 4.95. The Kier molecular flexibility index (Phi) is 3.56. The molecule has 1 N–H and O–H groups in total. The van der Waals surface area contributed by atoms with Gasteiger partial charge in [0, 0.05) is 0 Å². The number of fused-ring (bicyclic) bond motifs is 1. The number of furan rings is 1. The van der Waals surface area contributed by atoms with Crippen molar-refractivity contribution in [2.24, 2.45) is 0 Å². The van der Waals surface area contributed by atoms with Gasteiger partial charge >= 0.3 is 0 Å². The molecule has 0 saturated heterocycles. The Labute approximate surface area is 122 Å². The van der Waals surface area contributed by atoms with Crippen LogP contribution in [0.25, 0.3) is 0 Å². The molecule has 1 aromatic carbocycles. The summed E-state index contributed by atoms with van der Waals surface area (Å²) in [6, 6.07) is 7.24. The summed E-state index contributed by atoms with van der Waals surface area (Å²) in [5, 5.41) is 3.00. The molecule has 0 aliphatic heterocycles. The highest BCUT2D eigenvalue weighted by atomic mass is 16.5. The Hall–Kier alpha value is -2.43. The number of carbonyl (C=O) groups excluding carboxylic acids is 1. The first kappa shape index (κ1) is 13.5. The summed E-state index contributed by atoms with van der Waals surface area (Å²) in [6.07, 6.45) is 3.25. The molecule has 0 fully saturated rings. The lowest BCUT2D eigenvalue weighted by molar-refractivity contribution is 0.0908. The van der Waals surface area contributed by atoms with Gasteiger partial charge in [-0.2, -0.15) is 0 Å². The molecule has 0 bridgehead atoms. The van der Waals surface area contributed by atoms with Gasteiger partial charge in [0.25, 0.3) is 5.91 Å². The van der Waals surface area contributed by atoms with Crippen molar-refractivity contribution in [3.05, 3.63) is 47.4 Å². The Balaban J connectivity index is 1.84. The molecule has 5 nitrogen and oxygen atoms in total. The number of amides is 1. The SMILES string of the molecule is COc1cc2c(cc1OC)C(NC(=O)c1ccco1)CC2. The Bertz CT molecular complexity index is 649. The van der Waals surface area contributed by atoms with E-state index in [9.17, 15) is 4.79 Å². The second kappa shape index (κ2) is 5.52. The maximum Gasteiger partial charge on any atom is 0.287 e. The summed E-state index contributed by atoms with van der Waals surface area (Å²) in [5.74, 6) is 1.52. The van der Waals surface area contributed by atoms with Crippen LogP contribution in [0.3, 0.4) is 0 Å². The number of ether oxygens (including phenoxy) is 2. The molecule has 5 heteroatoms. The maximum absolute atomic E-state index is 12.1. The van der Waals surface area contributed by atoms with Crippen molar-refractivity contribution >= 4 is 5.91 Å². The number of aryl methyl sites for hydroxylation is 1. The lowest BCUT2D eigenvalue weighted by Crippen LogP contribution is -2.26. The van der Waals surface area contributed by atoms with Crippen LogP contribution >= 0.6 is 0 Å². The van der Waals surface area contributed by atoms with E-state index in [1.54, 1.807) is 26.4 Å². The topological polar surface area (TPSA) is 60.7 Å². The van der Waals surface area contributed by atoms with Gasteiger partial charge in [-0.05, 0) is 48.2 Å². The van der Waals surface area contributed by atoms with Gasteiger partial charge < -0.3 is 19.2 Å². The third kappa shape index (κ3) is 2.46. The lowest BCUT2D eigenvalue weighted by atomic mass is 10.1. The quantitative estimate of drug-likeness (QED) is 0.939. The molecule has 0 spiro atoms. The van der Waals surface area contributed by atoms with E-state index >= 15 is 0 Å². The maximum atomic E-state index is 12.1. The standard InChI is InChI=1S/C16H17NO4/c1-19-14-8-10-5-6-12(11(10)9-15(14)20-2)17-16(18)13-4-3-7-21-13/h3-4,7-9,12H,5-6H2,1-2H3,(H,17,18). The zero-order chi connectivity index (χ0) is 14.8. The van der Waals surface area contributed by atoms with Crippen molar-refractivity contribution in [3.8, 4) is 11.5 Å². The van der Waals surface area contributed by atoms with Crippen molar-refractivity contribution in [1.82, 2.24) is 5.32 Å². The normalized spacial score (nSPS) is 16.4. The van der Waals surface area contributed by atoms with E-state index in [0.717, 1.165) is 18.4 Å². The van der Waals surface area contributed by atoms with Gasteiger partial charge in [-0.3, -0.25) is 4.79 Å². The van der Waals surface area contributed by atoms with Crippen LogP contribution in [0.4, 0.5) is 0 Å². The molecule has 3 rings (SSSR count). The van der Waals surface area contributed by atoms with Crippen molar-refractivity contribution < 1.29 is 18.7 Å². The fourth-order valence-electron chi connectivity index (χ4n) is 2.72. The fourth-order valence-corrected chi connectivity index (χ4v) is 2.72. The van der Waals surface area contributed by atoms with Gasteiger partial charge in [-0.1, -0.05) is 0 Å². The number of hydrogen-bond acceptors (Lipinski definition) is 4. The molecule has 0 radical (unpaired) electrons. The van der Waals surface area contributed by atoms with Crippen LogP contribution in [-0.2, 0) is 6.42 Å². The molecule has 1 unspecified atom stereocenters. The van der Waals surface area contributed by atoms with Gasteiger partial charge in [-0.25, -0.2) is 0 Å². The number of hydrogen-bond donors (Lipinski definition) is 1. The predicted octanol–water partition coefficient (Wildman–Crippen LogP) is 2.71. The van der Waals surface area contributed by atoms with Crippen LogP contribution < -0.4 is 14.8 Å². The molecule has 1 aliphatic carbocycles. The number of nitrogens with one attached hydrogen (secondary N) is 1. The van der Waals surface area contributed by atoms with Crippen LogP contribution in [0.5, 0.6) is 11.5 Å². The predicted molar refractivity (Wildman–Crippen MR) is 76.8 cm³/mol. The molecule has 110 valence electrons. The van der Waals surface area contributed by atoms with Crippen LogP contribution in [0, 0.1) is 0 Å². The highest BCUT2D eigenvalue weighted by molar-refractivity contribution is 5.91. The second-order valence-corrected chi connectivity index (χ2v) is 4.95. The molecule has 2 aromatic rings. The molecule has 21 heavy (non-hydrogen) atoms. The van der Waals surface area contributed by atoms with Crippen molar-refractivity contribution in [1.29, 1.82) is 0 Å². The first-order chi connectivity index (χ1) is 10.2. The Morgan fingerprint density at radius 1 is 1.29 bits per heavy atom. The molecule has 1 aromatic heterocycles. The zero-order valence-electron chi connectivity index (χ0n) is 12.0. The van der Waals surface area contributed by atoms with Crippen LogP contribution in [0.1, 0.15) is 34.1 Å². The Morgan fingerprint density at radius 3 is 2.71 bits per heavy atom. The van der Waals surface area contributed by atoms with Crippen LogP contribution in [-0.4, -0.2) is 20.1 Å². The molecular formula is C16H17NO4. The van der Waals surface area contributed by atoms with E-state index in [2.05, 4.69) is 5.32 Å². The summed E-state index contributed by atoms with van der Waals surface area (Å²) in [5.41, 5.74) is 2.25. The summed E-state index contributed by atoms with van der Waals surface area (Å²) >= 11 is 0. The van der Waals surface area contributed by atoms with Crippen molar-refractivity contribution in [3.63, 3.8) is 0 Å². The summed E-state index contributed by atoms with van der Waals surface area (Å²) < 4.78 is 15.8. The molecule has 1 heterocycles. The first-order valence-electron chi connectivity index (χ1n) is 6.82. The molecule has 1 atom stereocenters. The average Bonchev–Trinajstić information content (AvgIpc) is 3.15. The third-order valence-corrected chi connectivity index (χ3v) is 3.77. The van der Waals surface area contributed by atoms with E-state index in [-0.39, 0.29) is 11.9 Å². The van der Waals surface area contributed by atoms with Crippen molar-refractivity contribution in [2.75, 3.05) is 14.2 Å². The molecule has 1 amide bonds. The molecule has 1 aliphatic rings. The summed E-state index contributed by atoms with van der Waals surface area (Å²) in [7, 11) is 3.23. The van der Waals surface area contributed by atoms with Gasteiger partial charge in [0.05, 0.1) is 26.5 Å². The average molecular weight is 287 g/mol. The number of rotatable bonds is 4. The van der Waals surface area contributed by atoms with Gasteiger partial charge in [0.1, 0.15) is 0 Å². The zero-order valence-corrected chi connectivity index (χ0v) is 12.0. The molecular weight excluding hydrogens is 270 g/mol. The van der Waals surface area contributed by atoms with Gasteiger partial charge in [0.2, 0.25) is 0 Å². The van der Waals surface area contributed by atoms with Crippen molar-refractivity contribution in [2.45, 2.75) is 18.9 Å². The fraction of sp³-hybridized carbons (Fsp3) is 0.312. The van der Waals surface area contributed by atoms with E-state index in [4.69, 9.17) is 13.9 Å². The molecule has 0 saturated carbocycles. The number of benzene rings is 1. The minimum Gasteiger partial charge on any atom is -0.493 e. The monoisotopic (exact) mass is 287 g/mol. The summed E-state index contributed by atoms with van der Waals surface area (Å²) in [6.45, 7) is 0. The minimum absolute atomic E-state index is 0.0302. The van der Waals surface area contributed by atoms with E-state index < -0.39 is 0 Å².